The fourth-order valence-corrected chi connectivity index (χ4v) is 3.62. The second kappa shape index (κ2) is 7.97. The normalized spacial score (nSPS) is 10.7. The summed E-state index contributed by atoms with van der Waals surface area (Å²) in [5.74, 6) is 0.844. The number of rotatable bonds is 6. The van der Waals surface area contributed by atoms with Gasteiger partial charge in [0, 0.05) is 24.1 Å². The third-order valence-corrected chi connectivity index (χ3v) is 4.93. The Kier molecular flexibility index (Phi) is 5.49. The molecule has 0 saturated heterocycles. The van der Waals surface area contributed by atoms with E-state index in [1.807, 2.05) is 43.3 Å². The molecular weight excluding hydrogens is 316 g/mol. The fraction of sp³-hybridized carbons (Fsp3) is 0.200. The standard InChI is InChI=1S/C20H20N2OS/c1-16-15-21-20(23)22(19(16)14-18-10-6-3-7-11-18)24-13-12-17-8-4-2-5-9-17/h2-11,15H,12-14H2,1H3. The quantitative estimate of drug-likeness (QED) is 0.685. The van der Waals surface area contributed by atoms with Gasteiger partial charge in [-0.3, -0.25) is 0 Å². The van der Waals surface area contributed by atoms with Gasteiger partial charge in [-0.2, -0.15) is 0 Å². The molecule has 4 heteroatoms. The Balaban J connectivity index is 1.79. The molecule has 0 aliphatic rings. The maximum atomic E-state index is 12.3. The van der Waals surface area contributed by atoms with Crippen molar-refractivity contribution < 1.29 is 0 Å². The van der Waals surface area contributed by atoms with Crippen LogP contribution >= 0.6 is 11.9 Å². The molecule has 0 spiro atoms. The maximum absolute atomic E-state index is 12.3. The van der Waals surface area contributed by atoms with Gasteiger partial charge in [-0.25, -0.2) is 13.8 Å². The van der Waals surface area contributed by atoms with Gasteiger partial charge >= 0.3 is 5.69 Å². The number of aryl methyl sites for hydroxylation is 2. The highest BCUT2D eigenvalue weighted by Crippen LogP contribution is 2.17. The van der Waals surface area contributed by atoms with Crippen LogP contribution in [-0.4, -0.2) is 14.7 Å². The van der Waals surface area contributed by atoms with Gasteiger partial charge in [0.05, 0.1) is 0 Å². The third-order valence-electron chi connectivity index (χ3n) is 3.91. The van der Waals surface area contributed by atoms with E-state index in [9.17, 15) is 4.79 Å². The van der Waals surface area contributed by atoms with Crippen LogP contribution in [-0.2, 0) is 12.8 Å². The van der Waals surface area contributed by atoms with Crippen LogP contribution < -0.4 is 5.69 Å². The van der Waals surface area contributed by atoms with Crippen molar-refractivity contribution in [1.82, 2.24) is 8.96 Å². The van der Waals surface area contributed by atoms with E-state index in [2.05, 4.69) is 29.2 Å². The van der Waals surface area contributed by atoms with Crippen molar-refractivity contribution in [1.29, 1.82) is 0 Å². The molecule has 3 aromatic rings. The molecule has 0 radical (unpaired) electrons. The number of nitrogens with zero attached hydrogens (tertiary/aromatic N) is 2. The van der Waals surface area contributed by atoms with Crippen molar-refractivity contribution in [2.45, 2.75) is 19.8 Å². The molecule has 0 N–H and O–H groups in total. The molecule has 2 aromatic carbocycles. The molecule has 1 heterocycles. The van der Waals surface area contributed by atoms with Gasteiger partial charge in [-0.1, -0.05) is 60.7 Å². The van der Waals surface area contributed by atoms with Gasteiger partial charge < -0.3 is 0 Å². The monoisotopic (exact) mass is 336 g/mol. The second-order valence-corrected chi connectivity index (χ2v) is 6.73. The SMILES string of the molecule is Cc1cnc(=O)n(SCCc2ccccc2)c1Cc1ccccc1. The third kappa shape index (κ3) is 4.15. The zero-order chi connectivity index (χ0) is 16.8. The average Bonchev–Trinajstić information content (AvgIpc) is 2.62. The molecule has 0 unspecified atom stereocenters. The van der Waals surface area contributed by atoms with Gasteiger partial charge in [0.2, 0.25) is 0 Å². The van der Waals surface area contributed by atoms with E-state index in [0.29, 0.717) is 0 Å². The van der Waals surface area contributed by atoms with Crippen molar-refractivity contribution >= 4 is 11.9 Å². The van der Waals surface area contributed by atoms with Crippen LogP contribution in [0.5, 0.6) is 0 Å². The van der Waals surface area contributed by atoms with Crippen molar-refractivity contribution in [3.63, 3.8) is 0 Å². The molecule has 3 rings (SSSR count). The molecule has 0 atom stereocenters. The summed E-state index contributed by atoms with van der Waals surface area (Å²) in [6, 6.07) is 20.6. The summed E-state index contributed by atoms with van der Waals surface area (Å²) in [7, 11) is 0. The summed E-state index contributed by atoms with van der Waals surface area (Å²) in [6.45, 7) is 2.01. The predicted molar refractivity (Wildman–Crippen MR) is 100 cm³/mol. The summed E-state index contributed by atoms with van der Waals surface area (Å²) in [5.41, 5.74) is 4.36. The topological polar surface area (TPSA) is 34.9 Å². The van der Waals surface area contributed by atoms with Gasteiger partial charge in [0.25, 0.3) is 0 Å². The van der Waals surface area contributed by atoms with Crippen LogP contribution in [0.1, 0.15) is 22.4 Å². The molecule has 0 amide bonds. The Morgan fingerprint density at radius 1 is 0.958 bits per heavy atom. The van der Waals surface area contributed by atoms with Crippen LogP contribution in [0.4, 0.5) is 0 Å². The largest absolute Gasteiger partial charge is 0.357 e. The van der Waals surface area contributed by atoms with E-state index in [1.54, 1.807) is 22.1 Å². The molecule has 3 nitrogen and oxygen atoms in total. The Morgan fingerprint density at radius 2 is 1.58 bits per heavy atom. The Bertz CT molecular complexity index is 845. The number of benzene rings is 2. The lowest BCUT2D eigenvalue weighted by Crippen LogP contribution is -2.23. The second-order valence-electron chi connectivity index (χ2n) is 5.70. The van der Waals surface area contributed by atoms with E-state index in [-0.39, 0.29) is 5.69 Å². The van der Waals surface area contributed by atoms with Gasteiger partial charge in [-0.05, 0) is 42.0 Å². The molecule has 0 bridgehead atoms. The Morgan fingerprint density at radius 3 is 2.25 bits per heavy atom. The maximum Gasteiger partial charge on any atom is 0.357 e. The smallest absolute Gasteiger partial charge is 0.245 e. The first kappa shape index (κ1) is 16.5. The summed E-state index contributed by atoms with van der Waals surface area (Å²) >= 11 is 1.54. The first-order chi connectivity index (χ1) is 11.7. The lowest BCUT2D eigenvalue weighted by molar-refractivity contribution is 0.904. The average molecular weight is 336 g/mol. The zero-order valence-electron chi connectivity index (χ0n) is 13.7. The lowest BCUT2D eigenvalue weighted by Gasteiger charge is -2.13. The highest BCUT2D eigenvalue weighted by molar-refractivity contribution is 7.97. The van der Waals surface area contributed by atoms with E-state index in [1.165, 1.54) is 11.1 Å². The van der Waals surface area contributed by atoms with Gasteiger partial charge in [0.1, 0.15) is 0 Å². The molecular formula is C20H20N2OS. The van der Waals surface area contributed by atoms with Crippen molar-refractivity contribution in [3.8, 4) is 0 Å². The highest BCUT2D eigenvalue weighted by Gasteiger charge is 2.10. The summed E-state index contributed by atoms with van der Waals surface area (Å²) in [4.78, 5) is 16.2. The highest BCUT2D eigenvalue weighted by atomic mass is 32.2. The van der Waals surface area contributed by atoms with Crippen molar-refractivity contribution in [2.24, 2.45) is 0 Å². The van der Waals surface area contributed by atoms with E-state index in [0.717, 1.165) is 29.9 Å². The number of aromatic nitrogens is 2. The van der Waals surface area contributed by atoms with E-state index < -0.39 is 0 Å². The summed E-state index contributed by atoms with van der Waals surface area (Å²) < 4.78 is 1.76. The molecule has 0 saturated carbocycles. The van der Waals surface area contributed by atoms with Crippen molar-refractivity contribution in [2.75, 3.05) is 5.75 Å². The van der Waals surface area contributed by atoms with Crippen LogP contribution in [0.15, 0.2) is 71.7 Å². The van der Waals surface area contributed by atoms with Gasteiger partial charge in [0.15, 0.2) is 0 Å². The minimum absolute atomic E-state index is 0.190. The Labute approximate surface area is 146 Å². The minimum atomic E-state index is -0.190. The molecule has 122 valence electrons. The van der Waals surface area contributed by atoms with Crippen LogP contribution in [0, 0.1) is 6.92 Å². The predicted octanol–water partition coefficient (Wildman–Crippen LogP) is 3.88. The first-order valence-electron chi connectivity index (χ1n) is 8.03. The van der Waals surface area contributed by atoms with Crippen LogP contribution in [0.2, 0.25) is 0 Å². The molecule has 0 aliphatic heterocycles. The van der Waals surface area contributed by atoms with E-state index in [4.69, 9.17) is 0 Å². The first-order valence-corrected chi connectivity index (χ1v) is 8.97. The fourth-order valence-electron chi connectivity index (χ4n) is 2.59. The Hall–Kier alpha value is -2.33. The molecule has 24 heavy (non-hydrogen) atoms. The number of hydrogen-bond acceptors (Lipinski definition) is 3. The van der Waals surface area contributed by atoms with Crippen LogP contribution in [0.25, 0.3) is 0 Å². The minimum Gasteiger partial charge on any atom is -0.245 e. The molecule has 1 aromatic heterocycles. The zero-order valence-corrected chi connectivity index (χ0v) is 14.5. The summed E-state index contributed by atoms with van der Waals surface area (Å²) in [5, 5.41) is 0. The molecule has 0 aliphatic carbocycles. The molecule has 0 fully saturated rings. The lowest BCUT2D eigenvalue weighted by atomic mass is 10.1. The number of hydrogen-bond donors (Lipinski definition) is 0. The summed E-state index contributed by atoms with van der Waals surface area (Å²) in [6.07, 6.45) is 3.34. The van der Waals surface area contributed by atoms with Gasteiger partial charge in [-0.15, -0.1) is 0 Å². The van der Waals surface area contributed by atoms with Crippen LogP contribution in [0.3, 0.4) is 0 Å². The van der Waals surface area contributed by atoms with E-state index >= 15 is 0 Å². The van der Waals surface area contributed by atoms with Crippen molar-refractivity contribution in [3.05, 3.63) is 99.7 Å².